The van der Waals surface area contributed by atoms with Gasteiger partial charge in [0.1, 0.15) is 5.52 Å². The summed E-state index contributed by atoms with van der Waals surface area (Å²) in [5.41, 5.74) is 4.06. The van der Waals surface area contributed by atoms with Crippen molar-refractivity contribution in [3.05, 3.63) is 76.8 Å². The molecular weight excluding hydrogens is 482 g/mol. The zero-order chi connectivity index (χ0) is 23.6. The monoisotopic (exact) mass is 501 g/mol. The minimum atomic E-state index is -3.82. The molecule has 0 aliphatic heterocycles. The topological polar surface area (TPSA) is 101 Å². The highest BCUT2D eigenvalue weighted by atomic mass is 35.5. The number of thioether (sulfide) groups is 1. The van der Waals surface area contributed by atoms with Gasteiger partial charge >= 0.3 is 0 Å². The molecule has 1 aromatic heterocycles. The Morgan fingerprint density at radius 1 is 1.00 bits per heavy atom. The van der Waals surface area contributed by atoms with Crippen molar-refractivity contribution in [2.75, 3.05) is 15.8 Å². The number of nitrogens with one attached hydrogen (secondary N) is 2. The van der Waals surface area contributed by atoms with Crippen LogP contribution in [0, 0.1) is 13.8 Å². The number of hydrogen-bond acceptors (Lipinski definition) is 6. The summed E-state index contributed by atoms with van der Waals surface area (Å²) in [5.74, 6) is -0.0917. The van der Waals surface area contributed by atoms with Crippen LogP contribution in [-0.2, 0) is 14.8 Å². The number of anilines is 2. The predicted octanol–water partition coefficient (Wildman–Crippen LogP) is 5.63. The van der Waals surface area contributed by atoms with E-state index in [-0.39, 0.29) is 21.8 Å². The smallest absolute Gasteiger partial charge is 0.261 e. The van der Waals surface area contributed by atoms with Crippen LogP contribution in [0.4, 0.5) is 11.4 Å². The van der Waals surface area contributed by atoms with Crippen molar-refractivity contribution < 1.29 is 17.6 Å². The molecule has 0 unspecified atom stereocenters. The van der Waals surface area contributed by atoms with E-state index in [1.807, 2.05) is 32.0 Å². The molecule has 1 amide bonds. The van der Waals surface area contributed by atoms with Crippen LogP contribution in [0.15, 0.2) is 75.2 Å². The zero-order valence-electron chi connectivity index (χ0n) is 17.8. The van der Waals surface area contributed by atoms with E-state index in [2.05, 4.69) is 15.0 Å². The van der Waals surface area contributed by atoms with Crippen LogP contribution in [0.25, 0.3) is 11.1 Å². The number of halogens is 1. The predicted molar refractivity (Wildman–Crippen MR) is 132 cm³/mol. The largest absolute Gasteiger partial charge is 0.431 e. The van der Waals surface area contributed by atoms with E-state index < -0.39 is 10.0 Å². The number of carbonyl (C=O) groups excluding carboxylic acids is 1. The first-order chi connectivity index (χ1) is 15.7. The Kier molecular flexibility index (Phi) is 6.64. The van der Waals surface area contributed by atoms with Crippen molar-refractivity contribution in [3.8, 4) is 0 Å². The summed E-state index contributed by atoms with van der Waals surface area (Å²) in [6.07, 6.45) is 0. The van der Waals surface area contributed by atoms with Gasteiger partial charge < -0.3 is 9.73 Å². The molecule has 1 heterocycles. The van der Waals surface area contributed by atoms with E-state index in [4.69, 9.17) is 16.0 Å². The van der Waals surface area contributed by atoms with Gasteiger partial charge in [-0.1, -0.05) is 29.4 Å². The molecule has 10 heteroatoms. The third-order valence-electron chi connectivity index (χ3n) is 4.58. The fourth-order valence-corrected chi connectivity index (χ4v) is 5.06. The number of oxazole rings is 1. The number of fused-ring (bicyclic) bond motifs is 1. The third-order valence-corrected chi connectivity index (χ3v) is 7.04. The molecule has 170 valence electrons. The van der Waals surface area contributed by atoms with Crippen LogP contribution >= 0.6 is 23.4 Å². The van der Waals surface area contributed by atoms with Crippen molar-refractivity contribution >= 4 is 61.8 Å². The van der Waals surface area contributed by atoms with E-state index >= 15 is 0 Å². The number of benzene rings is 3. The van der Waals surface area contributed by atoms with Crippen LogP contribution in [0.5, 0.6) is 0 Å². The van der Waals surface area contributed by atoms with Gasteiger partial charge in [0.05, 0.1) is 10.6 Å². The van der Waals surface area contributed by atoms with Gasteiger partial charge in [-0.25, -0.2) is 13.4 Å². The lowest BCUT2D eigenvalue weighted by Crippen LogP contribution is -2.14. The van der Waals surface area contributed by atoms with Crippen LogP contribution in [0.2, 0.25) is 5.02 Å². The lowest BCUT2D eigenvalue weighted by molar-refractivity contribution is -0.113. The molecule has 0 spiro atoms. The lowest BCUT2D eigenvalue weighted by atomic mass is 10.1. The van der Waals surface area contributed by atoms with Gasteiger partial charge in [-0.3, -0.25) is 9.52 Å². The molecule has 4 aromatic rings. The van der Waals surface area contributed by atoms with Crippen molar-refractivity contribution in [2.24, 2.45) is 0 Å². The van der Waals surface area contributed by atoms with Crippen molar-refractivity contribution in [3.63, 3.8) is 0 Å². The number of hydrogen-bond donors (Lipinski definition) is 2. The maximum absolute atomic E-state index is 12.7. The fraction of sp³-hybridized carbons (Fsp3) is 0.130. The third kappa shape index (κ3) is 5.87. The highest BCUT2D eigenvalue weighted by molar-refractivity contribution is 7.99. The summed E-state index contributed by atoms with van der Waals surface area (Å²) in [6.45, 7) is 3.93. The van der Waals surface area contributed by atoms with E-state index in [1.165, 1.54) is 12.1 Å². The maximum atomic E-state index is 12.7. The van der Waals surface area contributed by atoms with Crippen LogP contribution < -0.4 is 10.0 Å². The normalized spacial score (nSPS) is 11.5. The van der Waals surface area contributed by atoms with Crippen LogP contribution in [0.1, 0.15) is 11.1 Å². The molecular formula is C23H20ClN3O4S2. The quantitative estimate of drug-likeness (QED) is 0.318. The Morgan fingerprint density at radius 3 is 2.39 bits per heavy atom. The number of rotatable bonds is 7. The van der Waals surface area contributed by atoms with Crippen LogP contribution in [0.3, 0.4) is 0 Å². The van der Waals surface area contributed by atoms with Gasteiger partial charge in [-0.15, -0.1) is 0 Å². The average Bonchev–Trinajstić information content (AvgIpc) is 3.15. The molecule has 0 bridgehead atoms. The second kappa shape index (κ2) is 9.46. The number of sulfonamides is 1. The Hall–Kier alpha value is -3.01. The van der Waals surface area contributed by atoms with Gasteiger partial charge in [0.15, 0.2) is 5.58 Å². The summed E-state index contributed by atoms with van der Waals surface area (Å²) in [5, 5.41) is 3.65. The summed E-state index contributed by atoms with van der Waals surface area (Å²) < 4.78 is 33.6. The van der Waals surface area contributed by atoms with E-state index in [9.17, 15) is 13.2 Å². The minimum Gasteiger partial charge on any atom is -0.431 e. The minimum absolute atomic E-state index is 0.0439. The van der Waals surface area contributed by atoms with E-state index in [0.29, 0.717) is 21.8 Å². The molecule has 7 nitrogen and oxygen atoms in total. The first-order valence-corrected chi connectivity index (χ1v) is 12.7. The first kappa shape index (κ1) is 23.2. The number of amides is 1. The standard InChI is InChI=1S/C23H20ClN3O4S2/c1-14-9-15(2)11-18(10-14)25-22(28)13-32-23-26-20-12-19(7-8-21(20)31-23)33(29,30)27-17-5-3-16(24)4-6-17/h3-12,27H,13H2,1-2H3,(H,25,28). The van der Waals surface area contributed by atoms with Crippen molar-refractivity contribution in [2.45, 2.75) is 24.0 Å². The summed E-state index contributed by atoms with van der Waals surface area (Å²) in [6, 6.07) is 16.6. The highest BCUT2D eigenvalue weighted by Gasteiger charge is 2.17. The summed E-state index contributed by atoms with van der Waals surface area (Å²) >= 11 is 6.97. The average molecular weight is 502 g/mol. The lowest BCUT2D eigenvalue weighted by Gasteiger charge is -2.07. The van der Waals surface area contributed by atoms with E-state index in [1.54, 1.807) is 30.3 Å². The molecule has 33 heavy (non-hydrogen) atoms. The summed E-state index contributed by atoms with van der Waals surface area (Å²) in [7, 11) is -3.82. The molecule has 0 saturated heterocycles. The Labute approximate surface area is 200 Å². The van der Waals surface area contributed by atoms with Gasteiger partial charge in [0, 0.05) is 16.4 Å². The second-order valence-corrected chi connectivity index (χ2v) is 10.5. The molecule has 3 aromatic carbocycles. The maximum Gasteiger partial charge on any atom is 0.261 e. The molecule has 0 fully saturated rings. The fourth-order valence-electron chi connectivity index (χ4n) is 3.22. The number of aromatic nitrogens is 1. The van der Waals surface area contributed by atoms with Crippen molar-refractivity contribution in [1.29, 1.82) is 0 Å². The van der Waals surface area contributed by atoms with Gasteiger partial charge in [-0.2, -0.15) is 0 Å². The van der Waals surface area contributed by atoms with Gasteiger partial charge in [-0.05, 0) is 79.6 Å². The van der Waals surface area contributed by atoms with Crippen molar-refractivity contribution in [1.82, 2.24) is 4.98 Å². The Bertz CT molecular complexity index is 1410. The molecule has 0 radical (unpaired) electrons. The SMILES string of the molecule is Cc1cc(C)cc(NC(=O)CSc2nc3cc(S(=O)(=O)Nc4ccc(Cl)cc4)ccc3o2)c1. The number of nitrogens with zero attached hydrogens (tertiary/aromatic N) is 1. The van der Waals surface area contributed by atoms with Gasteiger partial charge in [0.2, 0.25) is 5.91 Å². The van der Waals surface area contributed by atoms with E-state index in [0.717, 1.165) is 28.6 Å². The first-order valence-electron chi connectivity index (χ1n) is 9.88. The molecule has 0 aliphatic carbocycles. The highest BCUT2D eigenvalue weighted by Crippen LogP contribution is 2.27. The molecule has 0 aliphatic rings. The molecule has 0 atom stereocenters. The van der Waals surface area contributed by atoms with Gasteiger partial charge in [0.25, 0.3) is 15.2 Å². The molecule has 2 N–H and O–H groups in total. The molecule has 4 rings (SSSR count). The summed E-state index contributed by atoms with van der Waals surface area (Å²) in [4.78, 5) is 16.7. The number of carbonyl (C=O) groups is 1. The Balaban J connectivity index is 1.44. The molecule has 0 saturated carbocycles. The Morgan fingerprint density at radius 2 is 1.70 bits per heavy atom. The number of aryl methyl sites for hydroxylation is 2. The zero-order valence-corrected chi connectivity index (χ0v) is 20.1. The van der Waals surface area contributed by atoms with Crippen LogP contribution in [-0.4, -0.2) is 25.1 Å². The second-order valence-electron chi connectivity index (χ2n) is 7.43.